The zero-order valence-corrected chi connectivity index (χ0v) is 20.0. The van der Waals surface area contributed by atoms with Gasteiger partial charge in [-0.25, -0.2) is 9.97 Å². The Hall–Kier alpha value is -3.60. The van der Waals surface area contributed by atoms with Crippen molar-refractivity contribution in [1.82, 2.24) is 9.97 Å². The van der Waals surface area contributed by atoms with E-state index in [0.717, 1.165) is 17.0 Å². The zero-order chi connectivity index (χ0) is 24.0. The monoisotopic (exact) mass is 478 g/mol. The van der Waals surface area contributed by atoms with Crippen LogP contribution in [-0.4, -0.2) is 28.7 Å². The molecule has 0 unspecified atom stereocenters. The van der Waals surface area contributed by atoms with Crippen LogP contribution in [0.1, 0.15) is 42.9 Å². The van der Waals surface area contributed by atoms with Gasteiger partial charge in [-0.05, 0) is 35.7 Å². The Labute approximate surface area is 200 Å². The average Bonchev–Trinajstić information content (AvgIpc) is 3.26. The van der Waals surface area contributed by atoms with Crippen molar-refractivity contribution < 1.29 is 9.53 Å². The summed E-state index contributed by atoms with van der Waals surface area (Å²) in [5.74, 6) is 1.00. The van der Waals surface area contributed by atoms with Crippen molar-refractivity contribution in [2.45, 2.75) is 31.2 Å². The highest BCUT2D eigenvalue weighted by Gasteiger charge is 2.21. The zero-order valence-electron chi connectivity index (χ0n) is 18.4. The largest absolute Gasteiger partial charge is 0.497 e. The van der Waals surface area contributed by atoms with Crippen LogP contribution in [0.3, 0.4) is 0 Å². The normalized spacial score (nSPS) is 10.5. The number of benzene rings is 1. The number of aromatic nitrogens is 2. The van der Waals surface area contributed by atoms with Gasteiger partial charge in [0.05, 0.1) is 23.9 Å². The number of thioether (sulfide) groups is 1. The minimum absolute atomic E-state index is 0.0629. The first-order valence-corrected chi connectivity index (χ1v) is 11.9. The number of nitrogens with one attached hydrogen (secondary N) is 1. The molecule has 0 spiro atoms. The average molecular weight is 479 g/mol. The van der Waals surface area contributed by atoms with Crippen LogP contribution < -0.4 is 15.8 Å². The van der Waals surface area contributed by atoms with Crippen LogP contribution in [0.5, 0.6) is 5.75 Å². The molecule has 0 saturated carbocycles. The maximum absolute atomic E-state index is 12.4. The number of ether oxygens (including phenoxy) is 1. The summed E-state index contributed by atoms with van der Waals surface area (Å²) in [7, 11) is 1.61. The predicted molar refractivity (Wildman–Crippen MR) is 130 cm³/mol. The maximum Gasteiger partial charge on any atom is 0.226 e. The molecule has 2 heterocycles. The third kappa shape index (κ3) is 5.61. The molecular weight excluding hydrogens is 456 g/mol. The first kappa shape index (κ1) is 24.1. The smallest absolute Gasteiger partial charge is 0.226 e. The molecule has 33 heavy (non-hydrogen) atoms. The quantitative estimate of drug-likeness (QED) is 0.441. The second-order valence-electron chi connectivity index (χ2n) is 7.26. The molecule has 168 valence electrons. The molecule has 0 radical (unpaired) electrons. The van der Waals surface area contributed by atoms with Crippen LogP contribution in [0.25, 0.3) is 11.3 Å². The fourth-order valence-electron chi connectivity index (χ4n) is 3.15. The van der Waals surface area contributed by atoms with E-state index in [-0.39, 0.29) is 29.6 Å². The molecule has 0 bridgehead atoms. The number of carbonyl (C=O) groups is 1. The van der Waals surface area contributed by atoms with E-state index in [2.05, 4.69) is 21.4 Å². The van der Waals surface area contributed by atoms with Crippen molar-refractivity contribution in [3.05, 3.63) is 46.3 Å². The summed E-state index contributed by atoms with van der Waals surface area (Å²) < 4.78 is 5.16. The first-order chi connectivity index (χ1) is 15.9. The van der Waals surface area contributed by atoms with E-state index in [1.54, 1.807) is 7.11 Å². The van der Waals surface area contributed by atoms with Crippen LogP contribution in [-0.2, 0) is 4.79 Å². The van der Waals surface area contributed by atoms with E-state index >= 15 is 0 Å². The highest BCUT2D eigenvalue weighted by molar-refractivity contribution is 7.99. The molecule has 3 rings (SSSR count). The number of nitrogens with two attached hydrogens (primary N) is 1. The molecule has 0 aliphatic rings. The van der Waals surface area contributed by atoms with E-state index in [1.165, 1.54) is 23.1 Å². The van der Waals surface area contributed by atoms with Gasteiger partial charge >= 0.3 is 0 Å². The Kier molecular flexibility index (Phi) is 7.88. The summed E-state index contributed by atoms with van der Waals surface area (Å²) >= 11 is 2.61. The predicted octanol–water partition coefficient (Wildman–Crippen LogP) is 4.78. The second kappa shape index (κ2) is 10.8. The fraction of sp³-hybridized carbons (Fsp3) is 0.261. The van der Waals surface area contributed by atoms with E-state index in [9.17, 15) is 15.3 Å². The Morgan fingerprint density at radius 2 is 1.91 bits per heavy atom. The van der Waals surface area contributed by atoms with Gasteiger partial charge in [-0.15, -0.1) is 23.1 Å². The Bertz CT molecular complexity index is 1240. The summed E-state index contributed by atoms with van der Waals surface area (Å²) in [5.41, 5.74) is 8.81. The van der Waals surface area contributed by atoms with E-state index in [4.69, 9.17) is 10.5 Å². The van der Waals surface area contributed by atoms with Gasteiger partial charge in [0.25, 0.3) is 0 Å². The van der Waals surface area contributed by atoms with Crippen LogP contribution in [0.4, 0.5) is 10.9 Å². The van der Waals surface area contributed by atoms with Crippen LogP contribution in [0, 0.1) is 22.7 Å². The molecular formula is C23H22N6O2S2. The van der Waals surface area contributed by atoms with Gasteiger partial charge in [0, 0.05) is 23.1 Å². The summed E-state index contributed by atoms with van der Waals surface area (Å²) in [6, 6.07) is 11.7. The topological polar surface area (TPSA) is 138 Å². The standard InChI is InChI=1S/C23H22N6O2S2/c1-13(2)20-16(10-24)21(26)29-22(17(20)11-25)32-9-8-19(30)28-23-27-18(12-33-23)14-4-6-15(31-3)7-5-14/h4-7,12-13H,8-9H2,1-3H3,(H2,26,29)(H,27,28,30). The Balaban J connectivity index is 1.63. The van der Waals surface area contributed by atoms with Gasteiger partial charge in [-0.1, -0.05) is 13.8 Å². The number of thiazole rings is 1. The summed E-state index contributed by atoms with van der Waals surface area (Å²) in [5, 5.41) is 24.7. The minimum atomic E-state index is -0.192. The van der Waals surface area contributed by atoms with E-state index in [0.29, 0.717) is 27.0 Å². The lowest BCUT2D eigenvalue weighted by atomic mass is 9.94. The van der Waals surface area contributed by atoms with Crippen molar-refractivity contribution in [1.29, 1.82) is 10.5 Å². The van der Waals surface area contributed by atoms with Crippen molar-refractivity contribution in [2.75, 3.05) is 23.9 Å². The summed E-state index contributed by atoms with van der Waals surface area (Å²) in [6.07, 6.45) is 0.200. The molecule has 0 saturated heterocycles. The molecule has 0 atom stereocenters. The van der Waals surface area contributed by atoms with Gasteiger partial charge in [-0.2, -0.15) is 10.5 Å². The molecule has 1 aromatic carbocycles. The molecule has 3 aromatic rings. The number of pyridine rings is 1. The Morgan fingerprint density at radius 3 is 2.52 bits per heavy atom. The number of carbonyl (C=O) groups excluding carboxylic acids is 1. The number of nitriles is 2. The molecule has 0 aliphatic carbocycles. The molecule has 0 fully saturated rings. The summed E-state index contributed by atoms with van der Waals surface area (Å²) in [4.78, 5) is 21.1. The molecule has 8 nitrogen and oxygen atoms in total. The maximum atomic E-state index is 12.4. The van der Waals surface area contributed by atoms with E-state index < -0.39 is 0 Å². The highest BCUT2D eigenvalue weighted by Crippen LogP contribution is 2.33. The minimum Gasteiger partial charge on any atom is -0.497 e. The number of methoxy groups -OCH3 is 1. The second-order valence-corrected chi connectivity index (χ2v) is 9.20. The molecule has 1 amide bonds. The molecule has 10 heteroatoms. The van der Waals surface area contributed by atoms with Gasteiger partial charge in [0.2, 0.25) is 5.91 Å². The van der Waals surface area contributed by atoms with Crippen molar-refractivity contribution in [2.24, 2.45) is 0 Å². The molecule has 2 aromatic heterocycles. The number of amides is 1. The third-order valence-electron chi connectivity index (χ3n) is 4.74. The van der Waals surface area contributed by atoms with E-state index in [1.807, 2.05) is 49.6 Å². The third-order valence-corrected chi connectivity index (χ3v) is 6.47. The van der Waals surface area contributed by atoms with Crippen molar-refractivity contribution >= 4 is 40.0 Å². The lowest BCUT2D eigenvalue weighted by Crippen LogP contribution is -2.12. The van der Waals surface area contributed by atoms with Gasteiger partial charge in [0.1, 0.15) is 28.7 Å². The highest BCUT2D eigenvalue weighted by atomic mass is 32.2. The lowest BCUT2D eigenvalue weighted by Gasteiger charge is -2.15. The van der Waals surface area contributed by atoms with Crippen molar-refractivity contribution in [3.63, 3.8) is 0 Å². The lowest BCUT2D eigenvalue weighted by molar-refractivity contribution is -0.115. The SMILES string of the molecule is COc1ccc(-c2csc(NC(=O)CCSc3nc(N)c(C#N)c(C(C)C)c3C#N)n2)cc1. The van der Waals surface area contributed by atoms with Crippen LogP contribution in [0.2, 0.25) is 0 Å². The number of hydrogen-bond acceptors (Lipinski definition) is 9. The van der Waals surface area contributed by atoms with Gasteiger partial charge in [0.15, 0.2) is 5.13 Å². The van der Waals surface area contributed by atoms with Crippen molar-refractivity contribution in [3.8, 4) is 29.1 Å². The Morgan fingerprint density at radius 1 is 1.21 bits per heavy atom. The molecule has 3 N–H and O–H groups in total. The number of anilines is 2. The number of nitrogen functional groups attached to an aromatic ring is 1. The number of rotatable bonds is 8. The van der Waals surface area contributed by atoms with Crippen LogP contribution >= 0.6 is 23.1 Å². The summed E-state index contributed by atoms with van der Waals surface area (Å²) in [6.45, 7) is 3.79. The number of hydrogen-bond donors (Lipinski definition) is 2. The number of nitrogens with zero attached hydrogens (tertiary/aromatic N) is 4. The first-order valence-electron chi connectivity index (χ1n) is 10.0. The molecule has 0 aliphatic heterocycles. The van der Waals surface area contributed by atoms with Crippen LogP contribution in [0.15, 0.2) is 34.7 Å². The van der Waals surface area contributed by atoms with Gasteiger partial charge in [-0.3, -0.25) is 4.79 Å². The van der Waals surface area contributed by atoms with Gasteiger partial charge < -0.3 is 15.8 Å². The fourth-order valence-corrected chi connectivity index (χ4v) is 4.83.